The Hall–Kier alpha value is -1.56. The maximum absolute atomic E-state index is 13.1. The summed E-state index contributed by atoms with van der Waals surface area (Å²) in [6, 6.07) is 9.47. The largest absolute Gasteiger partial charge is 0.329 e. The molecular weight excluding hydrogens is 330 g/mol. The Balaban J connectivity index is 1.93. The lowest BCUT2D eigenvalue weighted by Crippen LogP contribution is -2.48. The normalized spacial score (nSPS) is 18.0. The van der Waals surface area contributed by atoms with Crippen LogP contribution in [0, 0.1) is 0 Å². The molecule has 1 aliphatic rings. The van der Waals surface area contributed by atoms with Crippen molar-refractivity contribution in [2.45, 2.75) is 10.9 Å². The minimum absolute atomic E-state index is 0.0266. The number of piperazine rings is 1. The van der Waals surface area contributed by atoms with Gasteiger partial charge in [-0.25, -0.2) is 0 Å². The molecule has 0 bridgehead atoms. The van der Waals surface area contributed by atoms with E-state index in [1.165, 1.54) is 0 Å². The zero-order chi connectivity index (χ0) is 16.2. The predicted octanol–water partition coefficient (Wildman–Crippen LogP) is 3.24. The van der Waals surface area contributed by atoms with E-state index in [9.17, 15) is 4.79 Å². The predicted molar refractivity (Wildman–Crippen MR) is 94.1 cm³/mol. The van der Waals surface area contributed by atoms with Crippen LogP contribution in [0.4, 0.5) is 0 Å². The summed E-state index contributed by atoms with van der Waals surface area (Å²) < 4.78 is 0. The van der Waals surface area contributed by atoms with Gasteiger partial charge in [-0.3, -0.25) is 9.78 Å². The number of hydrogen-bond acceptors (Lipinski definition) is 4. The monoisotopic (exact) mass is 347 g/mol. The second-order valence-corrected chi connectivity index (χ2v) is 6.64. The van der Waals surface area contributed by atoms with Gasteiger partial charge >= 0.3 is 0 Å². The molecule has 1 aromatic carbocycles. The Morgan fingerprint density at radius 3 is 3.04 bits per heavy atom. The van der Waals surface area contributed by atoms with Crippen molar-refractivity contribution in [1.82, 2.24) is 15.2 Å². The quantitative estimate of drug-likeness (QED) is 0.866. The van der Waals surface area contributed by atoms with Crippen LogP contribution in [0.3, 0.4) is 0 Å². The molecule has 1 fully saturated rings. The molecular formula is C17H18ClN3OS. The summed E-state index contributed by atoms with van der Waals surface area (Å²) >= 11 is 7.88. The minimum atomic E-state index is -0.0287. The third kappa shape index (κ3) is 3.52. The number of thioether (sulfide) groups is 1. The lowest BCUT2D eigenvalue weighted by Gasteiger charge is -2.36. The fourth-order valence-electron chi connectivity index (χ4n) is 2.77. The zero-order valence-electron chi connectivity index (χ0n) is 12.8. The van der Waals surface area contributed by atoms with Crippen LogP contribution in [0.15, 0.2) is 47.6 Å². The maximum Gasteiger partial charge on any atom is 0.256 e. The van der Waals surface area contributed by atoms with Gasteiger partial charge in [0.05, 0.1) is 16.6 Å². The van der Waals surface area contributed by atoms with Gasteiger partial charge in [0.25, 0.3) is 5.91 Å². The molecule has 2 heterocycles. The molecule has 6 heteroatoms. The Labute approximate surface area is 145 Å². The SMILES string of the molecule is CSc1ccc(Cl)c(C(=O)N2CCNCC2c2cccnc2)c1. The molecule has 0 spiro atoms. The van der Waals surface area contributed by atoms with Crippen LogP contribution in [-0.4, -0.2) is 41.7 Å². The summed E-state index contributed by atoms with van der Waals surface area (Å²) in [5, 5.41) is 3.84. The first-order valence-corrected chi connectivity index (χ1v) is 9.06. The van der Waals surface area contributed by atoms with Gasteiger partial charge in [0.1, 0.15) is 0 Å². The summed E-state index contributed by atoms with van der Waals surface area (Å²) in [6.45, 7) is 2.15. The van der Waals surface area contributed by atoms with Crippen molar-refractivity contribution in [1.29, 1.82) is 0 Å². The van der Waals surface area contributed by atoms with Crippen molar-refractivity contribution < 1.29 is 4.79 Å². The number of nitrogens with one attached hydrogen (secondary N) is 1. The van der Waals surface area contributed by atoms with Gasteiger partial charge in [-0.05, 0) is 36.1 Å². The van der Waals surface area contributed by atoms with Crippen molar-refractivity contribution >= 4 is 29.3 Å². The molecule has 0 radical (unpaired) electrons. The van der Waals surface area contributed by atoms with Crippen LogP contribution in [0.5, 0.6) is 0 Å². The van der Waals surface area contributed by atoms with Crippen molar-refractivity contribution in [3.05, 3.63) is 58.9 Å². The average Bonchev–Trinajstić information content (AvgIpc) is 2.62. The first-order chi connectivity index (χ1) is 11.2. The summed E-state index contributed by atoms with van der Waals surface area (Å²) in [5.74, 6) is -0.0266. The van der Waals surface area contributed by atoms with Crippen LogP contribution in [-0.2, 0) is 0 Å². The van der Waals surface area contributed by atoms with Crippen molar-refractivity contribution in [2.75, 3.05) is 25.9 Å². The highest BCUT2D eigenvalue weighted by Crippen LogP contribution is 2.28. The van der Waals surface area contributed by atoms with E-state index in [0.29, 0.717) is 17.1 Å². The number of amides is 1. The molecule has 0 aliphatic carbocycles. The molecule has 23 heavy (non-hydrogen) atoms. The molecule has 120 valence electrons. The number of nitrogens with zero attached hydrogens (tertiary/aromatic N) is 2. The van der Waals surface area contributed by atoms with E-state index in [1.807, 2.05) is 41.6 Å². The van der Waals surface area contributed by atoms with Crippen molar-refractivity contribution in [3.63, 3.8) is 0 Å². The maximum atomic E-state index is 13.1. The minimum Gasteiger partial charge on any atom is -0.329 e. The highest BCUT2D eigenvalue weighted by atomic mass is 35.5. The molecule has 4 nitrogen and oxygen atoms in total. The number of pyridine rings is 1. The Kier molecular flexibility index (Phi) is 5.20. The van der Waals surface area contributed by atoms with Crippen LogP contribution in [0.25, 0.3) is 0 Å². The molecule has 1 saturated heterocycles. The van der Waals surface area contributed by atoms with E-state index >= 15 is 0 Å². The smallest absolute Gasteiger partial charge is 0.256 e. The summed E-state index contributed by atoms with van der Waals surface area (Å²) in [6.07, 6.45) is 5.54. The van der Waals surface area contributed by atoms with Crippen molar-refractivity contribution in [3.8, 4) is 0 Å². The summed E-state index contributed by atoms with van der Waals surface area (Å²) in [7, 11) is 0. The first-order valence-electron chi connectivity index (χ1n) is 7.46. The van der Waals surface area contributed by atoms with E-state index in [0.717, 1.165) is 23.5 Å². The molecule has 3 rings (SSSR count). The Bertz CT molecular complexity index is 695. The summed E-state index contributed by atoms with van der Waals surface area (Å²) in [4.78, 5) is 20.2. The van der Waals surface area contributed by atoms with Crippen LogP contribution in [0.2, 0.25) is 5.02 Å². The lowest BCUT2D eigenvalue weighted by molar-refractivity contribution is 0.0634. The fourth-order valence-corrected chi connectivity index (χ4v) is 3.41. The number of rotatable bonds is 3. The highest BCUT2D eigenvalue weighted by Gasteiger charge is 2.29. The molecule has 1 aliphatic heterocycles. The van der Waals surface area contributed by atoms with Gasteiger partial charge in [-0.2, -0.15) is 0 Å². The Morgan fingerprint density at radius 2 is 2.30 bits per heavy atom. The van der Waals surface area contributed by atoms with E-state index in [-0.39, 0.29) is 11.9 Å². The van der Waals surface area contributed by atoms with Gasteiger partial charge in [0.15, 0.2) is 0 Å². The van der Waals surface area contributed by atoms with E-state index < -0.39 is 0 Å². The number of hydrogen-bond donors (Lipinski definition) is 1. The molecule has 1 amide bonds. The average molecular weight is 348 g/mol. The van der Waals surface area contributed by atoms with Gasteiger partial charge in [0, 0.05) is 36.9 Å². The second kappa shape index (κ2) is 7.34. The number of halogens is 1. The fraction of sp³-hybridized carbons (Fsp3) is 0.294. The van der Waals surface area contributed by atoms with E-state index in [1.54, 1.807) is 24.0 Å². The van der Waals surface area contributed by atoms with Gasteiger partial charge < -0.3 is 10.2 Å². The molecule has 1 atom stereocenters. The molecule has 1 aromatic heterocycles. The van der Waals surface area contributed by atoms with Crippen LogP contribution in [0.1, 0.15) is 22.0 Å². The van der Waals surface area contributed by atoms with Gasteiger partial charge in [-0.1, -0.05) is 17.7 Å². The van der Waals surface area contributed by atoms with Gasteiger partial charge in [0.2, 0.25) is 0 Å². The van der Waals surface area contributed by atoms with E-state index in [4.69, 9.17) is 11.6 Å². The number of benzene rings is 1. The number of carbonyl (C=O) groups is 1. The number of carbonyl (C=O) groups excluding carboxylic acids is 1. The third-order valence-corrected chi connectivity index (χ3v) is 5.03. The topological polar surface area (TPSA) is 45.2 Å². The van der Waals surface area contributed by atoms with Crippen LogP contribution < -0.4 is 5.32 Å². The molecule has 1 unspecified atom stereocenters. The standard InChI is InChI=1S/C17H18ClN3OS/c1-23-13-4-5-15(18)14(9-13)17(22)21-8-7-20-11-16(21)12-3-2-6-19-10-12/h2-6,9-10,16,20H,7-8,11H2,1H3. The molecule has 2 aromatic rings. The van der Waals surface area contributed by atoms with Gasteiger partial charge in [-0.15, -0.1) is 11.8 Å². The lowest BCUT2D eigenvalue weighted by atomic mass is 10.0. The molecule has 1 N–H and O–H groups in total. The Morgan fingerprint density at radius 1 is 1.43 bits per heavy atom. The molecule has 0 saturated carbocycles. The van der Waals surface area contributed by atoms with Crippen LogP contribution >= 0.6 is 23.4 Å². The second-order valence-electron chi connectivity index (χ2n) is 5.35. The van der Waals surface area contributed by atoms with E-state index in [2.05, 4.69) is 10.3 Å². The first kappa shape index (κ1) is 16.3. The zero-order valence-corrected chi connectivity index (χ0v) is 14.4. The highest BCUT2D eigenvalue weighted by molar-refractivity contribution is 7.98. The summed E-state index contributed by atoms with van der Waals surface area (Å²) in [5.41, 5.74) is 1.60. The number of aromatic nitrogens is 1. The third-order valence-electron chi connectivity index (χ3n) is 3.98. The van der Waals surface area contributed by atoms with Crippen molar-refractivity contribution in [2.24, 2.45) is 0 Å².